The molecular weight excluding hydrogens is 320 g/mol. The number of Topliss-reactive ketones (excluding diaryl/α,β-unsaturated/α-hetero) is 1. The summed E-state index contributed by atoms with van der Waals surface area (Å²) in [6, 6.07) is 15.2. The number of carbonyl (C=O) groups is 2. The van der Waals surface area contributed by atoms with E-state index >= 15 is 0 Å². The number of aromatic amines is 1. The Morgan fingerprint density at radius 3 is 2.64 bits per heavy atom. The average Bonchev–Trinajstić information content (AvgIpc) is 2.60. The molecule has 0 atom stereocenters. The fraction of sp³-hybridized carbons (Fsp3) is 0.105. The smallest absolute Gasteiger partial charge is 0.262 e. The number of amides is 1. The van der Waals surface area contributed by atoms with Crippen LogP contribution in [0.15, 0.2) is 59.4 Å². The van der Waals surface area contributed by atoms with Crippen molar-refractivity contribution in [1.29, 1.82) is 0 Å². The van der Waals surface area contributed by atoms with Gasteiger partial charge in [-0.3, -0.25) is 14.4 Å². The molecule has 0 fully saturated rings. The van der Waals surface area contributed by atoms with Crippen molar-refractivity contribution in [1.82, 2.24) is 4.98 Å². The van der Waals surface area contributed by atoms with Crippen LogP contribution >= 0.6 is 0 Å². The summed E-state index contributed by atoms with van der Waals surface area (Å²) in [4.78, 5) is 37.9. The lowest BCUT2D eigenvalue weighted by Gasteiger charge is -2.11. The van der Waals surface area contributed by atoms with E-state index in [1.54, 1.807) is 42.5 Å². The maximum absolute atomic E-state index is 12.1. The number of ether oxygens (including phenoxy) is 1. The third-order valence-corrected chi connectivity index (χ3v) is 3.66. The minimum atomic E-state index is -0.399. The van der Waals surface area contributed by atoms with E-state index in [1.165, 1.54) is 13.0 Å². The molecule has 1 heterocycles. The molecule has 2 N–H and O–H groups in total. The number of hydrogen-bond acceptors (Lipinski definition) is 4. The Balaban J connectivity index is 1.74. The van der Waals surface area contributed by atoms with E-state index < -0.39 is 5.91 Å². The summed E-state index contributed by atoms with van der Waals surface area (Å²) in [6.07, 6.45) is 0. The molecule has 3 aromatic rings. The van der Waals surface area contributed by atoms with Gasteiger partial charge in [-0.1, -0.05) is 24.3 Å². The largest absolute Gasteiger partial charge is 0.482 e. The maximum Gasteiger partial charge on any atom is 0.262 e. The summed E-state index contributed by atoms with van der Waals surface area (Å²) in [5, 5.41) is 3.47. The maximum atomic E-state index is 12.1. The van der Waals surface area contributed by atoms with E-state index in [0.29, 0.717) is 22.5 Å². The van der Waals surface area contributed by atoms with Gasteiger partial charge in [0.2, 0.25) is 5.56 Å². The molecule has 0 unspecified atom stereocenters. The fourth-order valence-corrected chi connectivity index (χ4v) is 2.50. The molecule has 0 saturated heterocycles. The van der Waals surface area contributed by atoms with Gasteiger partial charge in [0.15, 0.2) is 12.4 Å². The Morgan fingerprint density at radius 1 is 1.04 bits per heavy atom. The van der Waals surface area contributed by atoms with Crippen molar-refractivity contribution in [2.75, 3.05) is 11.9 Å². The van der Waals surface area contributed by atoms with E-state index in [4.69, 9.17) is 4.74 Å². The summed E-state index contributed by atoms with van der Waals surface area (Å²) in [5.41, 5.74) is 1.16. The quantitative estimate of drug-likeness (QED) is 0.701. The summed E-state index contributed by atoms with van der Waals surface area (Å²) in [5.74, 6) is -0.127. The third-order valence-electron chi connectivity index (χ3n) is 3.66. The minimum absolute atomic E-state index is 0.136. The van der Waals surface area contributed by atoms with E-state index in [1.807, 2.05) is 6.07 Å². The Labute approximate surface area is 143 Å². The summed E-state index contributed by atoms with van der Waals surface area (Å²) in [7, 11) is 0. The van der Waals surface area contributed by atoms with Crippen molar-refractivity contribution in [3.05, 3.63) is 70.5 Å². The highest BCUT2D eigenvalue weighted by Crippen LogP contribution is 2.22. The molecular formula is C19H16N2O4. The molecule has 6 nitrogen and oxygen atoms in total. The van der Waals surface area contributed by atoms with Gasteiger partial charge in [0.05, 0.1) is 11.2 Å². The van der Waals surface area contributed by atoms with E-state index in [9.17, 15) is 14.4 Å². The normalized spacial score (nSPS) is 10.4. The predicted molar refractivity (Wildman–Crippen MR) is 95.1 cm³/mol. The number of ketones is 1. The third kappa shape index (κ3) is 3.74. The molecule has 0 radical (unpaired) electrons. The fourth-order valence-electron chi connectivity index (χ4n) is 2.50. The number of para-hydroxylation sites is 2. The van der Waals surface area contributed by atoms with Gasteiger partial charge in [-0.2, -0.15) is 0 Å². The van der Waals surface area contributed by atoms with E-state index in [-0.39, 0.29) is 17.9 Å². The first-order valence-corrected chi connectivity index (χ1v) is 7.69. The highest BCUT2D eigenvalue weighted by atomic mass is 16.5. The number of aromatic nitrogens is 1. The van der Waals surface area contributed by atoms with Crippen LogP contribution in [0.2, 0.25) is 0 Å². The average molecular weight is 336 g/mol. The number of nitrogens with one attached hydrogen (secondary N) is 2. The van der Waals surface area contributed by atoms with Crippen molar-refractivity contribution in [3.8, 4) is 5.75 Å². The van der Waals surface area contributed by atoms with Gasteiger partial charge in [0.1, 0.15) is 5.75 Å². The Kier molecular flexibility index (Phi) is 4.61. The molecule has 0 aliphatic rings. The van der Waals surface area contributed by atoms with Gasteiger partial charge in [0.25, 0.3) is 5.91 Å². The molecule has 1 amide bonds. The molecule has 0 spiro atoms. The van der Waals surface area contributed by atoms with Gasteiger partial charge in [0, 0.05) is 17.0 Å². The number of hydrogen-bond donors (Lipinski definition) is 2. The molecule has 2 aromatic carbocycles. The van der Waals surface area contributed by atoms with Crippen LogP contribution in [-0.4, -0.2) is 23.3 Å². The molecule has 0 aliphatic carbocycles. The lowest BCUT2D eigenvalue weighted by molar-refractivity contribution is -0.118. The molecule has 3 rings (SSSR count). The monoisotopic (exact) mass is 336 g/mol. The van der Waals surface area contributed by atoms with Crippen molar-refractivity contribution in [2.45, 2.75) is 6.92 Å². The number of benzene rings is 2. The van der Waals surface area contributed by atoms with Crippen molar-refractivity contribution < 1.29 is 14.3 Å². The van der Waals surface area contributed by atoms with E-state index in [0.717, 1.165) is 5.39 Å². The molecule has 126 valence electrons. The highest BCUT2D eigenvalue weighted by Gasteiger charge is 2.11. The van der Waals surface area contributed by atoms with Crippen molar-refractivity contribution >= 4 is 28.3 Å². The van der Waals surface area contributed by atoms with Gasteiger partial charge < -0.3 is 15.0 Å². The van der Waals surface area contributed by atoms with Gasteiger partial charge in [-0.15, -0.1) is 0 Å². The molecule has 1 aromatic heterocycles. The van der Waals surface area contributed by atoms with Crippen LogP contribution in [-0.2, 0) is 4.79 Å². The van der Waals surface area contributed by atoms with Crippen LogP contribution in [0.3, 0.4) is 0 Å². The second kappa shape index (κ2) is 7.00. The van der Waals surface area contributed by atoms with Crippen molar-refractivity contribution in [3.63, 3.8) is 0 Å². The summed E-state index contributed by atoms with van der Waals surface area (Å²) in [6.45, 7) is 1.19. The summed E-state index contributed by atoms with van der Waals surface area (Å²) < 4.78 is 5.54. The highest BCUT2D eigenvalue weighted by molar-refractivity contribution is 6.04. The molecule has 0 aliphatic heterocycles. The van der Waals surface area contributed by atoms with Crippen LogP contribution in [0.5, 0.6) is 5.75 Å². The number of carbonyl (C=O) groups excluding carboxylic acids is 2. The SMILES string of the molecule is CC(=O)c1ccccc1NC(=O)COc1cccc2ccc(=O)[nH]c12. The van der Waals surface area contributed by atoms with Crippen LogP contribution in [0.25, 0.3) is 10.9 Å². The van der Waals surface area contributed by atoms with Crippen LogP contribution < -0.4 is 15.6 Å². The zero-order valence-electron chi connectivity index (χ0n) is 13.5. The first kappa shape index (κ1) is 16.4. The molecule has 0 saturated carbocycles. The minimum Gasteiger partial charge on any atom is -0.482 e. The Hall–Kier alpha value is -3.41. The van der Waals surface area contributed by atoms with Crippen LogP contribution in [0.4, 0.5) is 5.69 Å². The zero-order chi connectivity index (χ0) is 17.8. The van der Waals surface area contributed by atoms with Gasteiger partial charge in [-0.25, -0.2) is 0 Å². The summed E-state index contributed by atoms with van der Waals surface area (Å²) >= 11 is 0. The topological polar surface area (TPSA) is 88.3 Å². The van der Waals surface area contributed by atoms with Crippen LogP contribution in [0, 0.1) is 0 Å². The Bertz CT molecular complexity index is 1010. The second-order valence-electron chi connectivity index (χ2n) is 5.48. The number of rotatable bonds is 5. The zero-order valence-corrected chi connectivity index (χ0v) is 13.5. The van der Waals surface area contributed by atoms with E-state index in [2.05, 4.69) is 10.3 Å². The van der Waals surface area contributed by atoms with Crippen molar-refractivity contribution in [2.24, 2.45) is 0 Å². The molecule has 6 heteroatoms. The number of anilines is 1. The standard InChI is InChI=1S/C19H16N2O4/c1-12(22)14-6-2-3-7-15(14)20-18(24)11-25-16-8-4-5-13-9-10-17(23)21-19(13)16/h2-10H,11H2,1H3,(H,20,24)(H,21,23). The number of H-pyrrole nitrogens is 1. The first-order chi connectivity index (χ1) is 12.0. The second-order valence-corrected chi connectivity index (χ2v) is 5.48. The lowest BCUT2D eigenvalue weighted by Crippen LogP contribution is -2.21. The Morgan fingerprint density at radius 2 is 1.84 bits per heavy atom. The van der Waals surface area contributed by atoms with Gasteiger partial charge in [-0.05, 0) is 31.2 Å². The lowest BCUT2D eigenvalue weighted by atomic mass is 10.1. The first-order valence-electron chi connectivity index (χ1n) is 7.69. The molecule has 25 heavy (non-hydrogen) atoms. The van der Waals surface area contributed by atoms with Gasteiger partial charge >= 0.3 is 0 Å². The van der Waals surface area contributed by atoms with Crippen LogP contribution in [0.1, 0.15) is 17.3 Å². The predicted octanol–water partition coefficient (Wildman–Crippen LogP) is 2.75. The number of fused-ring (bicyclic) bond motifs is 1. The number of pyridine rings is 1. The molecule has 0 bridgehead atoms.